The number of hydrogen-bond donors (Lipinski definition) is 0. The van der Waals surface area contributed by atoms with Crippen molar-refractivity contribution in [3.8, 4) is 0 Å². The maximum Gasteiger partial charge on any atom is 0.418 e. The SMILES string of the molecule is O=C(c1cc2cc(n1)/C=C\C(N1CCOCC1)=NC2)N1C[C@@H]2CN(c3ccccc3C(F)(F)F)C[C@@H]2C1. The van der Waals surface area contributed by atoms with Crippen LogP contribution in [-0.4, -0.2) is 79.0 Å². The number of anilines is 1. The van der Waals surface area contributed by atoms with E-state index in [0.717, 1.165) is 36.2 Å². The first-order valence-electron chi connectivity index (χ1n) is 12.6. The fourth-order valence-corrected chi connectivity index (χ4v) is 5.79. The lowest BCUT2D eigenvalue weighted by molar-refractivity contribution is -0.137. The zero-order valence-electron chi connectivity index (χ0n) is 20.3. The van der Waals surface area contributed by atoms with Crippen LogP contribution in [0.4, 0.5) is 18.9 Å². The molecule has 0 aliphatic carbocycles. The number of nitrogens with zero attached hydrogens (tertiary/aromatic N) is 5. The van der Waals surface area contributed by atoms with Crippen molar-refractivity contribution in [2.24, 2.45) is 16.8 Å². The average Bonchev–Trinajstić information content (AvgIpc) is 3.47. The van der Waals surface area contributed by atoms with Gasteiger partial charge in [-0.05, 0) is 42.0 Å². The molecule has 0 radical (unpaired) electrons. The van der Waals surface area contributed by atoms with Gasteiger partial charge in [-0.25, -0.2) is 4.98 Å². The van der Waals surface area contributed by atoms with Crippen molar-refractivity contribution < 1.29 is 22.7 Å². The first-order chi connectivity index (χ1) is 17.8. The predicted molar refractivity (Wildman–Crippen MR) is 133 cm³/mol. The molecule has 3 saturated heterocycles. The molecule has 37 heavy (non-hydrogen) atoms. The molecule has 4 aliphatic rings. The van der Waals surface area contributed by atoms with E-state index in [-0.39, 0.29) is 23.4 Å². The Morgan fingerprint density at radius 1 is 0.946 bits per heavy atom. The highest BCUT2D eigenvalue weighted by molar-refractivity contribution is 5.97. The summed E-state index contributed by atoms with van der Waals surface area (Å²) in [5.74, 6) is 1.03. The number of alkyl halides is 3. The van der Waals surface area contributed by atoms with Gasteiger partial charge in [-0.3, -0.25) is 9.79 Å². The average molecular weight is 512 g/mol. The largest absolute Gasteiger partial charge is 0.418 e. The summed E-state index contributed by atoms with van der Waals surface area (Å²) in [6.45, 7) is 5.46. The smallest absolute Gasteiger partial charge is 0.378 e. The monoisotopic (exact) mass is 511 g/mol. The molecule has 4 aliphatic heterocycles. The van der Waals surface area contributed by atoms with E-state index in [2.05, 4.69) is 9.88 Å². The summed E-state index contributed by atoms with van der Waals surface area (Å²) in [5, 5.41) is 0. The van der Waals surface area contributed by atoms with Gasteiger partial charge in [-0.1, -0.05) is 12.1 Å². The molecule has 10 heteroatoms. The van der Waals surface area contributed by atoms with E-state index in [4.69, 9.17) is 9.73 Å². The van der Waals surface area contributed by atoms with Crippen molar-refractivity contribution in [2.45, 2.75) is 12.7 Å². The number of aromatic nitrogens is 1. The van der Waals surface area contributed by atoms with Crippen molar-refractivity contribution >= 4 is 23.5 Å². The summed E-state index contributed by atoms with van der Waals surface area (Å²) in [4.78, 5) is 28.6. The number of rotatable bonds is 2. The summed E-state index contributed by atoms with van der Waals surface area (Å²) < 4.78 is 46.0. The number of para-hydroxylation sites is 1. The summed E-state index contributed by atoms with van der Waals surface area (Å²) >= 11 is 0. The molecule has 2 aromatic rings. The highest BCUT2D eigenvalue weighted by Crippen LogP contribution is 2.41. The van der Waals surface area contributed by atoms with Crippen LogP contribution in [0.5, 0.6) is 0 Å². The fraction of sp³-hybridized carbons (Fsp3) is 0.444. The van der Waals surface area contributed by atoms with Crippen LogP contribution < -0.4 is 4.90 Å². The number of amides is 1. The molecule has 2 atom stereocenters. The molecule has 0 saturated carbocycles. The maximum absolute atomic E-state index is 13.5. The molecule has 6 rings (SSSR count). The molecule has 0 spiro atoms. The second-order valence-corrected chi connectivity index (χ2v) is 10.0. The third-order valence-corrected chi connectivity index (χ3v) is 7.61. The van der Waals surface area contributed by atoms with Gasteiger partial charge in [-0.2, -0.15) is 13.2 Å². The Morgan fingerprint density at radius 2 is 1.68 bits per heavy atom. The molecule has 3 fully saturated rings. The topological polar surface area (TPSA) is 61.3 Å². The lowest BCUT2D eigenvalue weighted by atomic mass is 10.0. The number of carbonyl (C=O) groups excluding carboxylic acids is 1. The Balaban J connectivity index is 1.13. The zero-order chi connectivity index (χ0) is 25.6. The van der Waals surface area contributed by atoms with E-state index < -0.39 is 11.7 Å². The van der Waals surface area contributed by atoms with Gasteiger partial charge in [0.15, 0.2) is 0 Å². The van der Waals surface area contributed by atoms with Crippen molar-refractivity contribution in [1.29, 1.82) is 0 Å². The van der Waals surface area contributed by atoms with Crippen molar-refractivity contribution in [1.82, 2.24) is 14.8 Å². The Labute approximate surface area is 213 Å². The number of fused-ring (bicyclic) bond motifs is 3. The minimum Gasteiger partial charge on any atom is -0.378 e. The van der Waals surface area contributed by atoms with Gasteiger partial charge >= 0.3 is 6.18 Å². The summed E-state index contributed by atoms with van der Waals surface area (Å²) in [5.41, 5.74) is 1.65. The highest BCUT2D eigenvalue weighted by Gasteiger charge is 2.44. The number of halogens is 3. The summed E-state index contributed by atoms with van der Waals surface area (Å²) in [7, 11) is 0. The van der Waals surface area contributed by atoms with Gasteiger partial charge in [0.2, 0.25) is 0 Å². The highest BCUT2D eigenvalue weighted by atomic mass is 19.4. The minimum absolute atomic E-state index is 0.132. The van der Waals surface area contributed by atoms with E-state index in [9.17, 15) is 18.0 Å². The van der Waals surface area contributed by atoms with Crippen LogP contribution in [0.1, 0.15) is 27.3 Å². The number of hydrogen-bond acceptors (Lipinski definition) is 6. The number of aliphatic imine (C=N–C) groups is 1. The standard InChI is InChI=1S/C27H28F3N5O2/c28-27(29,30)22-3-1-2-4-24(22)34-14-19-16-35(17-20(19)15-34)26(36)23-12-18-11-21(32-23)5-6-25(31-13-18)33-7-9-37-10-8-33/h1-6,11-12,19-20H,7-10,13-17H2/b6-5-,31-25?/t19-,20+. The number of likely N-dealkylation sites (tertiary alicyclic amines) is 1. The van der Waals surface area contributed by atoms with Crippen LogP contribution in [0.15, 0.2) is 47.5 Å². The second kappa shape index (κ2) is 9.48. The Kier molecular flexibility index (Phi) is 6.14. The molecule has 0 unspecified atom stereocenters. The third kappa shape index (κ3) is 4.82. The number of benzene rings is 1. The predicted octanol–water partition coefficient (Wildman–Crippen LogP) is 3.57. The van der Waals surface area contributed by atoms with E-state index in [1.54, 1.807) is 11.0 Å². The van der Waals surface area contributed by atoms with Gasteiger partial charge in [0.25, 0.3) is 5.91 Å². The first kappa shape index (κ1) is 24.0. The van der Waals surface area contributed by atoms with Crippen LogP contribution in [0.25, 0.3) is 6.08 Å². The molecular weight excluding hydrogens is 483 g/mol. The lowest BCUT2D eigenvalue weighted by Gasteiger charge is -2.29. The van der Waals surface area contributed by atoms with Crippen LogP contribution in [0.2, 0.25) is 0 Å². The number of carbonyl (C=O) groups is 1. The molecule has 1 aromatic carbocycles. The van der Waals surface area contributed by atoms with E-state index in [0.29, 0.717) is 51.6 Å². The first-order valence-corrected chi connectivity index (χ1v) is 12.6. The van der Waals surface area contributed by atoms with Gasteiger partial charge in [0.05, 0.1) is 31.0 Å². The maximum atomic E-state index is 13.5. The summed E-state index contributed by atoms with van der Waals surface area (Å²) in [6, 6.07) is 9.48. The Hall–Kier alpha value is -3.40. The lowest BCUT2D eigenvalue weighted by Crippen LogP contribution is -2.40. The number of amidine groups is 1. The van der Waals surface area contributed by atoms with Crippen molar-refractivity contribution in [3.05, 3.63) is 65.0 Å². The molecule has 1 aromatic heterocycles. The fourth-order valence-electron chi connectivity index (χ4n) is 5.79. The molecule has 1 amide bonds. The van der Waals surface area contributed by atoms with Crippen molar-refractivity contribution in [2.75, 3.05) is 57.4 Å². The number of morpholine rings is 1. The summed E-state index contributed by atoms with van der Waals surface area (Å²) in [6.07, 6.45) is -0.560. The minimum atomic E-state index is -4.39. The molecule has 0 N–H and O–H groups in total. The van der Waals surface area contributed by atoms with Crippen LogP contribution in [-0.2, 0) is 17.5 Å². The third-order valence-electron chi connectivity index (χ3n) is 7.61. The Morgan fingerprint density at radius 3 is 2.41 bits per heavy atom. The van der Waals surface area contributed by atoms with E-state index >= 15 is 0 Å². The van der Waals surface area contributed by atoms with Gasteiger partial charge < -0.3 is 19.4 Å². The van der Waals surface area contributed by atoms with Gasteiger partial charge in [0, 0.05) is 56.8 Å². The molecule has 2 bridgehead atoms. The second-order valence-electron chi connectivity index (χ2n) is 10.0. The molecule has 194 valence electrons. The zero-order valence-corrected chi connectivity index (χ0v) is 20.3. The number of ether oxygens (including phenoxy) is 1. The normalized spacial score (nSPS) is 24.4. The molecule has 7 nitrogen and oxygen atoms in total. The van der Waals surface area contributed by atoms with Crippen molar-refractivity contribution in [3.63, 3.8) is 0 Å². The quantitative estimate of drug-likeness (QED) is 0.617. The molecular formula is C27H28F3N5O2. The van der Waals surface area contributed by atoms with Crippen LogP contribution >= 0.6 is 0 Å². The Bertz CT molecular complexity index is 1240. The van der Waals surface area contributed by atoms with Gasteiger partial charge in [0.1, 0.15) is 11.5 Å². The number of pyridine rings is 1. The molecule has 5 heterocycles. The van der Waals surface area contributed by atoms with Crippen LogP contribution in [0.3, 0.4) is 0 Å². The van der Waals surface area contributed by atoms with E-state index in [1.807, 2.05) is 29.2 Å². The van der Waals surface area contributed by atoms with Crippen LogP contribution in [0, 0.1) is 11.8 Å². The van der Waals surface area contributed by atoms with Gasteiger partial charge in [-0.15, -0.1) is 0 Å². The van der Waals surface area contributed by atoms with E-state index in [1.165, 1.54) is 12.1 Å².